The molecule has 0 aromatic heterocycles. The van der Waals surface area contributed by atoms with Gasteiger partial charge in [0.2, 0.25) is 0 Å². The van der Waals surface area contributed by atoms with Crippen molar-refractivity contribution in [1.29, 1.82) is 0 Å². The summed E-state index contributed by atoms with van der Waals surface area (Å²) in [6.07, 6.45) is 7.15. The van der Waals surface area contributed by atoms with Gasteiger partial charge < -0.3 is 10.4 Å². The SMILES string of the molecule is CC(NC1CC1)C(O)c1ccc2c(c1)CCCC2. The monoisotopic (exact) mass is 245 g/mol. The summed E-state index contributed by atoms with van der Waals surface area (Å²) in [4.78, 5) is 0. The normalized spacial score (nSPS) is 22.3. The van der Waals surface area contributed by atoms with Gasteiger partial charge in [-0.25, -0.2) is 0 Å². The average molecular weight is 245 g/mol. The van der Waals surface area contributed by atoms with Crippen LogP contribution < -0.4 is 5.32 Å². The van der Waals surface area contributed by atoms with Crippen molar-refractivity contribution in [1.82, 2.24) is 5.32 Å². The van der Waals surface area contributed by atoms with E-state index in [1.807, 2.05) is 0 Å². The molecule has 2 unspecified atom stereocenters. The Morgan fingerprint density at radius 2 is 1.89 bits per heavy atom. The van der Waals surface area contributed by atoms with E-state index in [9.17, 15) is 5.11 Å². The van der Waals surface area contributed by atoms with Gasteiger partial charge in [0.1, 0.15) is 0 Å². The second-order valence-corrected chi connectivity index (χ2v) is 5.91. The lowest BCUT2D eigenvalue weighted by Crippen LogP contribution is -2.33. The van der Waals surface area contributed by atoms with Gasteiger partial charge >= 0.3 is 0 Å². The summed E-state index contributed by atoms with van der Waals surface area (Å²) in [6.45, 7) is 2.09. The molecule has 0 saturated heterocycles. The first-order chi connectivity index (χ1) is 8.74. The van der Waals surface area contributed by atoms with Gasteiger partial charge in [-0.15, -0.1) is 0 Å². The first kappa shape index (κ1) is 12.2. The maximum absolute atomic E-state index is 10.4. The minimum absolute atomic E-state index is 0.152. The van der Waals surface area contributed by atoms with Crippen LogP contribution in [-0.2, 0) is 12.8 Å². The van der Waals surface area contributed by atoms with Crippen molar-refractivity contribution in [3.8, 4) is 0 Å². The van der Waals surface area contributed by atoms with Crippen LogP contribution in [0.1, 0.15) is 55.4 Å². The molecule has 18 heavy (non-hydrogen) atoms. The summed E-state index contributed by atoms with van der Waals surface area (Å²) in [5.41, 5.74) is 4.02. The van der Waals surface area contributed by atoms with Gasteiger partial charge in [0.05, 0.1) is 6.10 Å². The molecule has 2 aliphatic carbocycles. The highest BCUT2D eigenvalue weighted by atomic mass is 16.3. The van der Waals surface area contributed by atoms with Gasteiger partial charge in [-0.05, 0) is 62.1 Å². The number of rotatable bonds is 4. The first-order valence-electron chi connectivity index (χ1n) is 7.30. The Kier molecular flexibility index (Phi) is 3.40. The highest BCUT2D eigenvalue weighted by Gasteiger charge is 2.26. The van der Waals surface area contributed by atoms with E-state index in [1.165, 1.54) is 49.7 Å². The van der Waals surface area contributed by atoms with Crippen LogP contribution in [0.3, 0.4) is 0 Å². The van der Waals surface area contributed by atoms with Crippen molar-refractivity contribution in [3.63, 3.8) is 0 Å². The van der Waals surface area contributed by atoms with Crippen molar-refractivity contribution in [2.24, 2.45) is 0 Å². The summed E-state index contributed by atoms with van der Waals surface area (Å²) >= 11 is 0. The van der Waals surface area contributed by atoms with Crippen LogP contribution in [-0.4, -0.2) is 17.2 Å². The molecule has 0 amide bonds. The standard InChI is InChI=1S/C16H23NO/c1-11(17-15-8-9-15)16(18)14-7-6-12-4-2-3-5-13(12)10-14/h6-7,10-11,15-18H,2-5,8-9H2,1H3. The molecular weight excluding hydrogens is 222 g/mol. The van der Waals surface area contributed by atoms with Crippen molar-refractivity contribution >= 4 is 0 Å². The molecule has 1 aromatic carbocycles. The summed E-state index contributed by atoms with van der Waals surface area (Å²) in [6, 6.07) is 7.35. The molecule has 98 valence electrons. The summed E-state index contributed by atoms with van der Waals surface area (Å²) in [5, 5.41) is 13.9. The van der Waals surface area contributed by atoms with E-state index in [1.54, 1.807) is 0 Å². The van der Waals surface area contributed by atoms with E-state index >= 15 is 0 Å². The molecule has 0 aliphatic heterocycles. The number of fused-ring (bicyclic) bond motifs is 1. The predicted octanol–water partition coefficient (Wildman–Crippen LogP) is 2.74. The Morgan fingerprint density at radius 3 is 2.61 bits per heavy atom. The van der Waals surface area contributed by atoms with Crippen LogP contribution in [0.5, 0.6) is 0 Å². The zero-order valence-corrected chi connectivity index (χ0v) is 11.2. The van der Waals surface area contributed by atoms with Crippen molar-refractivity contribution < 1.29 is 5.11 Å². The number of hydrogen-bond acceptors (Lipinski definition) is 2. The molecule has 0 heterocycles. The summed E-state index contributed by atoms with van der Waals surface area (Å²) < 4.78 is 0. The smallest absolute Gasteiger partial charge is 0.0940 e. The number of nitrogens with one attached hydrogen (secondary N) is 1. The molecule has 2 atom stereocenters. The number of hydrogen-bond donors (Lipinski definition) is 2. The van der Waals surface area contributed by atoms with Gasteiger partial charge in [-0.1, -0.05) is 18.2 Å². The topological polar surface area (TPSA) is 32.3 Å². The largest absolute Gasteiger partial charge is 0.387 e. The molecule has 0 spiro atoms. The van der Waals surface area contributed by atoms with Crippen LogP contribution in [0.15, 0.2) is 18.2 Å². The molecule has 0 radical (unpaired) electrons. The Hall–Kier alpha value is -0.860. The van der Waals surface area contributed by atoms with E-state index in [0.717, 1.165) is 5.56 Å². The number of aryl methyl sites for hydroxylation is 2. The Labute approximate surface area is 109 Å². The molecule has 0 bridgehead atoms. The zero-order chi connectivity index (χ0) is 12.5. The molecule has 2 heteroatoms. The van der Waals surface area contributed by atoms with Gasteiger partial charge in [0, 0.05) is 12.1 Å². The van der Waals surface area contributed by atoms with Gasteiger partial charge in [-0.2, -0.15) is 0 Å². The summed E-state index contributed by atoms with van der Waals surface area (Å²) in [5.74, 6) is 0. The predicted molar refractivity (Wildman–Crippen MR) is 73.7 cm³/mol. The van der Waals surface area contributed by atoms with Crippen LogP contribution in [0, 0.1) is 0 Å². The molecular formula is C16H23NO. The third-order valence-corrected chi connectivity index (χ3v) is 4.26. The van der Waals surface area contributed by atoms with E-state index < -0.39 is 0 Å². The fourth-order valence-corrected chi connectivity index (χ4v) is 2.94. The van der Waals surface area contributed by atoms with E-state index in [-0.39, 0.29) is 12.1 Å². The zero-order valence-electron chi connectivity index (χ0n) is 11.2. The number of benzene rings is 1. The Bertz CT molecular complexity index is 425. The molecule has 1 fully saturated rings. The van der Waals surface area contributed by atoms with Crippen molar-refractivity contribution in [2.75, 3.05) is 0 Å². The molecule has 1 saturated carbocycles. The molecule has 2 aliphatic rings. The Morgan fingerprint density at radius 1 is 1.17 bits per heavy atom. The first-order valence-corrected chi connectivity index (χ1v) is 7.30. The Balaban J connectivity index is 1.73. The van der Waals surface area contributed by atoms with Gasteiger partial charge in [-0.3, -0.25) is 0 Å². The number of aliphatic hydroxyl groups excluding tert-OH is 1. The lowest BCUT2D eigenvalue weighted by Gasteiger charge is -2.23. The van der Waals surface area contributed by atoms with E-state index in [2.05, 4.69) is 30.4 Å². The highest BCUT2D eigenvalue weighted by molar-refractivity contribution is 5.35. The minimum Gasteiger partial charge on any atom is -0.387 e. The van der Waals surface area contributed by atoms with Crippen LogP contribution in [0.4, 0.5) is 0 Å². The lowest BCUT2D eigenvalue weighted by molar-refractivity contribution is 0.135. The second kappa shape index (κ2) is 5.02. The van der Waals surface area contributed by atoms with Gasteiger partial charge in [0.15, 0.2) is 0 Å². The van der Waals surface area contributed by atoms with Crippen LogP contribution in [0.25, 0.3) is 0 Å². The van der Waals surface area contributed by atoms with Gasteiger partial charge in [0.25, 0.3) is 0 Å². The van der Waals surface area contributed by atoms with E-state index in [4.69, 9.17) is 0 Å². The fraction of sp³-hybridized carbons (Fsp3) is 0.625. The van der Waals surface area contributed by atoms with Crippen molar-refractivity contribution in [2.45, 2.75) is 63.6 Å². The maximum atomic E-state index is 10.4. The summed E-state index contributed by atoms with van der Waals surface area (Å²) in [7, 11) is 0. The average Bonchev–Trinajstić information content (AvgIpc) is 3.21. The molecule has 2 nitrogen and oxygen atoms in total. The minimum atomic E-state index is -0.377. The fourth-order valence-electron chi connectivity index (χ4n) is 2.94. The van der Waals surface area contributed by atoms with Crippen molar-refractivity contribution in [3.05, 3.63) is 34.9 Å². The third-order valence-electron chi connectivity index (χ3n) is 4.26. The molecule has 2 N–H and O–H groups in total. The quantitative estimate of drug-likeness (QED) is 0.855. The van der Waals surface area contributed by atoms with E-state index in [0.29, 0.717) is 6.04 Å². The number of aliphatic hydroxyl groups is 1. The lowest BCUT2D eigenvalue weighted by atomic mass is 9.89. The highest BCUT2D eigenvalue weighted by Crippen LogP contribution is 2.27. The second-order valence-electron chi connectivity index (χ2n) is 5.91. The molecule has 3 rings (SSSR count). The maximum Gasteiger partial charge on any atom is 0.0940 e. The van der Waals surface area contributed by atoms with Crippen LogP contribution >= 0.6 is 0 Å². The molecule has 1 aromatic rings. The third kappa shape index (κ3) is 2.60. The van der Waals surface area contributed by atoms with Crippen LogP contribution in [0.2, 0.25) is 0 Å².